The summed E-state index contributed by atoms with van der Waals surface area (Å²) in [6.45, 7) is 3.01. The minimum Gasteiger partial charge on any atom is -0.342 e. The summed E-state index contributed by atoms with van der Waals surface area (Å²) < 4.78 is 0. The van der Waals surface area contributed by atoms with Gasteiger partial charge in [0.1, 0.15) is 0 Å². The van der Waals surface area contributed by atoms with Gasteiger partial charge in [-0.2, -0.15) is 0 Å². The SMILES string of the molecule is O=C(NC[C@H]1CC(=O)N(CCc2ccccc2)C1)Nc1cccc(N2CCNC2=O)c1. The Bertz CT molecular complexity index is 949. The van der Waals surface area contributed by atoms with Crippen LogP contribution in [0.3, 0.4) is 0 Å². The number of nitrogens with zero attached hydrogens (tertiary/aromatic N) is 2. The number of rotatable bonds is 7. The van der Waals surface area contributed by atoms with Crippen LogP contribution in [0, 0.1) is 5.92 Å². The molecule has 2 heterocycles. The van der Waals surface area contributed by atoms with Crippen molar-refractivity contribution in [3.63, 3.8) is 0 Å². The molecular formula is C23H27N5O3. The molecule has 1 atom stereocenters. The van der Waals surface area contributed by atoms with Gasteiger partial charge < -0.3 is 20.9 Å². The molecule has 2 fully saturated rings. The fourth-order valence-electron chi connectivity index (χ4n) is 4.00. The standard InChI is InChI=1S/C23H27N5O3/c29-21-13-18(16-27(21)11-9-17-5-2-1-3-6-17)15-25-22(30)26-19-7-4-8-20(14-19)28-12-10-24-23(28)31/h1-8,14,18H,9-13,15-16H2,(H,24,31)(H2,25,26,30)/t18-/m1/s1. The highest BCUT2D eigenvalue weighted by molar-refractivity contribution is 5.95. The van der Waals surface area contributed by atoms with Crippen molar-refractivity contribution in [3.05, 3.63) is 60.2 Å². The first-order chi connectivity index (χ1) is 15.1. The lowest BCUT2D eigenvalue weighted by Crippen LogP contribution is -2.34. The van der Waals surface area contributed by atoms with E-state index in [-0.39, 0.29) is 23.9 Å². The molecule has 162 valence electrons. The van der Waals surface area contributed by atoms with Crippen LogP contribution in [0.1, 0.15) is 12.0 Å². The third kappa shape index (κ3) is 5.33. The van der Waals surface area contributed by atoms with Crippen LogP contribution in [0.5, 0.6) is 0 Å². The summed E-state index contributed by atoms with van der Waals surface area (Å²) >= 11 is 0. The number of hydrogen-bond acceptors (Lipinski definition) is 3. The van der Waals surface area contributed by atoms with Gasteiger partial charge in [-0.15, -0.1) is 0 Å². The van der Waals surface area contributed by atoms with Crippen molar-refractivity contribution in [1.82, 2.24) is 15.5 Å². The zero-order chi connectivity index (χ0) is 21.6. The van der Waals surface area contributed by atoms with Crippen LogP contribution in [0.2, 0.25) is 0 Å². The molecule has 8 heteroatoms. The van der Waals surface area contributed by atoms with Crippen molar-refractivity contribution in [2.45, 2.75) is 12.8 Å². The summed E-state index contributed by atoms with van der Waals surface area (Å²) in [5.74, 6) is 0.244. The predicted octanol–water partition coefficient (Wildman–Crippen LogP) is 2.43. The molecule has 2 saturated heterocycles. The van der Waals surface area contributed by atoms with E-state index in [1.807, 2.05) is 29.2 Å². The summed E-state index contributed by atoms with van der Waals surface area (Å²) in [5.41, 5.74) is 2.56. The van der Waals surface area contributed by atoms with Crippen molar-refractivity contribution < 1.29 is 14.4 Å². The maximum absolute atomic E-state index is 12.3. The second-order valence-corrected chi connectivity index (χ2v) is 7.91. The van der Waals surface area contributed by atoms with Gasteiger partial charge in [0.05, 0.1) is 0 Å². The van der Waals surface area contributed by atoms with Crippen molar-refractivity contribution in [2.24, 2.45) is 5.92 Å². The number of benzene rings is 2. The predicted molar refractivity (Wildman–Crippen MR) is 119 cm³/mol. The third-order valence-corrected chi connectivity index (χ3v) is 5.63. The molecule has 2 aliphatic heterocycles. The molecule has 5 amide bonds. The molecule has 2 aromatic carbocycles. The highest BCUT2D eigenvalue weighted by Gasteiger charge is 2.29. The molecule has 4 rings (SSSR count). The van der Waals surface area contributed by atoms with Crippen molar-refractivity contribution in [1.29, 1.82) is 0 Å². The summed E-state index contributed by atoms with van der Waals surface area (Å²) in [6, 6.07) is 16.8. The lowest BCUT2D eigenvalue weighted by Gasteiger charge is -2.17. The maximum atomic E-state index is 12.3. The van der Waals surface area contributed by atoms with E-state index in [2.05, 4.69) is 28.1 Å². The Hall–Kier alpha value is -3.55. The van der Waals surface area contributed by atoms with Crippen molar-refractivity contribution >= 4 is 29.3 Å². The van der Waals surface area contributed by atoms with Crippen LogP contribution in [0.4, 0.5) is 21.0 Å². The highest BCUT2D eigenvalue weighted by atomic mass is 16.2. The molecule has 0 radical (unpaired) electrons. The highest BCUT2D eigenvalue weighted by Crippen LogP contribution is 2.21. The number of nitrogens with one attached hydrogen (secondary N) is 3. The number of carbonyl (C=O) groups is 3. The topological polar surface area (TPSA) is 93.8 Å². The van der Waals surface area contributed by atoms with E-state index < -0.39 is 0 Å². The first-order valence-electron chi connectivity index (χ1n) is 10.6. The molecule has 0 unspecified atom stereocenters. The van der Waals surface area contributed by atoms with Crippen molar-refractivity contribution in [2.75, 3.05) is 42.9 Å². The van der Waals surface area contributed by atoms with Crippen LogP contribution in [0.25, 0.3) is 0 Å². The number of amides is 5. The van der Waals surface area contributed by atoms with Gasteiger partial charge >= 0.3 is 12.1 Å². The second kappa shape index (κ2) is 9.51. The number of likely N-dealkylation sites (tertiary alicyclic amines) is 1. The summed E-state index contributed by atoms with van der Waals surface area (Å²) in [5, 5.41) is 8.43. The average Bonchev–Trinajstić information content (AvgIpc) is 3.36. The Morgan fingerprint density at radius 3 is 2.71 bits per heavy atom. The zero-order valence-electron chi connectivity index (χ0n) is 17.3. The molecule has 0 saturated carbocycles. The lowest BCUT2D eigenvalue weighted by atomic mass is 10.1. The average molecular weight is 422 g/mol. The first kappa shape index (κ1) is 20.7. The Morgan fingerprint density at radius 1 is 1.10 bits per heavy atom. The minimum absolute atomic E-state index is 0.105. The van der Waals surface area contributed by atoms with Gasteiger partial charge in [0.15, 0.2) is 0 Å². The summed E-state index contributed by atoms with van der Waals surface area (Å²) in [6.07, 6.45) is 1.28. The molecule has 2 aliphatic rings. The molecule has 0 aliphatic carbocycles. The van der Waals surface area contributed by atoms with E-state index in [1.165, 1.54) is 5.56 Å². The molecular weight excluding hydrogens is 394 g/mol. The fraction of sp³-hybridized carbons (Fsp3) is 0.348. The number of anilines is 2. The van der Waals surface area contributed by atoms with Crippen LogP contribution in [0.15, 0.2) is 54.6 Å². The Balaban J connectivity index is 1.23. The monoisotopic (exact) mass is 421 g/mol. The van der Waals surface area contributed by atoms with E-state index in [1.54, 1.807) is 23.1 Å². The van der Waals surface area contributed by atoms with E-state index >= 15 is 0 Å². The number of hydrogen-bond donors (Lipinski definition) is 3. The van der Waals surface area contributed by atoms with Gasteiger partial charge in [-0.25, -0.2) is 9.59 Å². The molecule has 0 spiro atoms. The van der Waals surface area contributed by atoms with Crippen LogP contribution < -0.4 is 20.9 Å². The minimum atomic E-state index is -0.321. The molecule has 0 bridgehead atoms. The van der Waals surface area contributed by atoms with Crippen molar-refractivity contribution in [3.8, 4) is 0 Å². The molecule has 31 heavy (non-hydrogen) atoms. The van der Waals surface area contributed by atoms with Crippen LogP contribution in [-0.2, 0) is 11.2 Å². The molecule has 3 N–H and O–H groups in total. The van der Waals surface area contributed by atoms with Gasteiger partial charge in [-0.1, -0.05) is 36.4 Å². The van der Waals surface area contributed by atoms with Gasteiger partial charge in [0.25, 0.3) is 0 Å². The van der Waals surface area contributed by atoms with E-state index in [0.29, 0.717) is 44.8 Å². The largest absolute Gasteiger partial charge is 0.342 e. The van der Waals surface area contributed by atoms with Gasteiger partial charge in [-0.05, 0) is 30.2 Å². The smallest absolute Gasteiger partial charge is 0.321 e. The summed E-state index contributed by atoms with van der Waals surface area (Å²) in [7, 11) is 0. The van der Waals surface area contributed by atoms with Gasteiger partial charge in [0.2, 0.25) is 5.91 Å². The van der Waals surface area contributed by atoms with Gasteiger partial charge in [-0.3, -0.25) is 9.69 Å². The van der Waals surface area contributed by atoms with E-state index in [4.69, 9.17) is 0 Å². The Labute approximate surface area is 181 Å². The lowest BCUT2D eigenvalue weighted by molar-refractivity contribution is -0.127. The Kier molecular flexibility index (Phi) is 6.35. The van der Waals surface area contributed by atoms with Crippen LogP contribution >= 0.6 is 0 Å². The summed E-state index contributed by atoms with van der Waals surface area (Å²) in [4.78, 5) is 40.0. The fourth-order valence-corrected chi connectivity index (χ4v) is 4.00. The molecule has 0 aromatic heterocycles. The third-order valence-electron chi connectivity index (χ3n) is 5.63. The second-order valence-electron chi connectivity index (χ2n) is 7.91. The Morgan fingerprint density at radius 2 is 1.94 bits per heavy atom. The zero-order valence-corrected chi connectivity index (χ0v) is 17.3. The first-order valence-corrected chi connectivity index (χ1v) is 10.6. The maximum Gasteiger partial charge on any atom is 0.321 e. The van der Waals surface area contributed by atoms with E-state index in [0.717, 1.165) is 12.1 Å². The normalized spacial score (nSPS) is 18.3. The van der Waals surface area contributed by atoms with Gasteiger partial charge in [0, 0.05) is 56.4 Å². The van der Waals surface area contributed by atoms with E-state index in [9.17, 15) is 14.4 Å². The number of urea groups is 2. The quantitative estimate of drug-likeness (QED) is 0.641. The molecule has 2 aromatic rings. The molecule has 8 nitrogen and oxygen atoms in total. The van der Waals surface area contributed by atoms with Crippen LogP contribution in [-0.4, -0.2) is 55.6 Å². The number of carbonyl (C=O) groups excluding carboxylic acids is 3.